The zero-order chi connectivity index (χ0) is 22.1. The second kappa shape index (κ2) is 8.78. The number of carbonyl (C=O) groups is 2. The van der Waals surface area contributed by atoms with Crippen molar-refractivity contribution >= 4 is 22.6 Å². The van der Waals surface area contributed by atoms with E-state index in [1.807, 2.05) is 12.1 Å². The van der Waals surface area contributed by atoms with Crippen molar-refractivity contribution in [2.24, 2.45) is 5.92 Å². The fourth-order valence-corrected chi connectivity index (χ4v) is 5.40. The van der Waals surface area contributed by atoms with Crippen molar-refractivity contribution < 1.29 is 14.7 Å². The number of aromatic carboxylic acids is 1. The number of hydrogen-bond donors (Lipinski definition) is 1. The van der Waals surface area contributed by atoms with Gasteiger partial charge in [0.05, 0.1) is 5.56 Å². The van der Waals surface area contributed by atoms with E-state index in [0.717, 1.165) is 35.9 Å². The molecule has 5 rings (SSSR count). The number of likely N-dealkylation sites (tertiary alicyclic amines) is 1. The maximum atomic E-state index is 13.1. The molecule has 1 unspecified atom stereocenters. The molecule has 1 saturated heterocycles. The highest BCUT2D eigenvalue weighted by Gasteiger charge is 2.36. The Balaban J connectivity index is 1.34. The lowest BCUT2D eigenvalue weighted by Crippen LogP contribution is -2.39. The molecule has 4 nitrogen and oxygen atoms in total. The van der Waals surface area contributed by atoms with Crippen LogP contribution in [-0.4, -0.2) is 34.5 Å². The zero-order valence-corrected chi connectivity index (χ0v) is 18.3. The topological polar surface area (TPSA) is 57.6 Å². The lowest BCUT2D eigenvalue weighted by Gasteiger charge is -2.31. The molecule has 0 bridgehead atoms. The molecule has 1 saturated carbocycles. The standard InChI is InChI=1S/C28H29NO3/c30-27-24(14-15-29(27)26-4-2-1-3-5-26)16-19-6-7-21-10-13-23(18-25(21)17-19)20-8-11-22(12-9-20)28(31)32/h6-13,17-18,24,26H,1-5,14-16H2,(H,31,32). The van der Waals surface area contributed by atoms with Crippen LogP contribution >= 0.6 is 0 Å². The molecule has 2 aliphatic rings. The average Bonchev–Trinajstić information content (AvgIpc) is 3.19. The summed E-state index contributed by atoms with van der Waals surface area (Å²) >= 11 is 0. The zero-order valence-electron chi connectivity index (χ0n) is 18.3. The maximum Gasteiger partial charge on any atom is 0.335 e. The molecule has 2 fully saturated rings. The molecule has 32 heavy (non-hydrogen) atoms. The van der Waals surface area contributed by atoms with Crippen molar-refractivity contribution in [2.75, 3.05) is 6.54 Å². The first-order valence-corrected chi connectivity index (χ1v) is 11.8. The Bertz CT molecular complexity index is 1150. The predicted octanol–water partition coefficient (Wildman–Crippen LogP) is 5.93. The Labute approximate surface area is 188 Å². The van der Waals surface area contributed by atoms with Crippen molar-refractivity contribution in [3.8, 4) is 11.1 Å². The van der Waals surface area contributed by atoms with Crippen LogP contribution in [0.2, 0.25) is 0 Å². The fraction of sp³-hybridized carbons (Fsp3) is 0.357. The summed E-state index contributed by atoms with van der Waals surface area (Å²) in [6.45, 7) is 0.915. The lowest BCUT2D eigenvalue weighted by molar-refractivity contribution is -0.133. The smallest absolute Gasteiger partial charge is 0.335 e. The van der Waals surface area contributed by atoms with Crippen molar-refractivity contribution in [2.45, 2.75) is 51.0 Å². The van der Waals surface area contributed by atoms with E-state index in [9.17, 15) is 9.59 Å². The van der Waals surface area contributed by atoms with E-state index in [1.54, 1.807) is 12.1 Å². The first kappa shape index (κ1) is 20.7. The van der Waals surface area contributed by atoms with Crippen molar-refractivity contribution in [3.63, 3.8) is 0 Å². The van der Waals surface area contributed by atoms with Crippen LogP contribution in [0.15, 0.2) is 60.7 Å². The van der Waals surface area contributed by atoms with Gasteiger partial charge in [0, 0.05) is 18.5 Å². The molecule has 3 aromatic carbocycles. The van der Waals surface area contributed by atoms with Crippen LogP contribution in [0.1, 0.15) is 54.4 Å². The number of fused-ring (bicyclic) bond motifs is 1. The van der Waals surface area contributed by atoms with Gasteiger partial charge < -0.3 is 10.0 Å². The van der Waals surface area contributed by atoms with Gasteiger partial charge >= 0.3 is 5.97 Å². The van der Waals surface area contributed by atoms with Crippen LogP contribution < -0.4 is 0 Å². The first-order valence-electron chi connectivity index (χ1n) is 11.8. The van der Waals surface area contributed by atoms with Crippen LogP contribution in [0, 0.1) is 5.92 Å². The van der Waals surface area contributed by atoms with E-state index < -0.39 is 5.97 Å². The van der Waals surface area contributed by atoms with Crippen LogP contribution in [0.25, 0.3) is 21.9 Å². The monoisotopic (exact) mass is 427 g/mol. The first-order chi connectivity index (χ1) is 15.6. The number of amides is 1. The highest BCUT2D eigenvalue weighted by molar-refractivity contribution is 5.90. The fourth-order valence-electron chi connectivity index (χ4n) is 5.40. The second-order valence-corrected chi connectivity index (χ2v) is 9.29. The summed E-state index contributed by atoms with van der Waals surface area (Å²) in [6, 6.07) is 20.3. The van der Waals surface area contributed by atoms with Crippen molar-refractivity contribution in [3.05, 3.63) is 71.8 Å². The summed E-state index contributed by atoms with van der Waals surface area (Å²) in [5, 5.41) is 11.4. The third-order valence-corrected chi connectivity index (χ3v) is 7.22. The number of carbonyl (C=O) groups excluding carboxylic acids is 1. The van der Waals surface area contributed by atoms with Crippen molar-refractivity contribution in [1.29, 1.82) is 0 Å². The highest BCUT2D eigenvalue weighted by atomic mass is 16.4. The van der Waals surface area contributed by atoms with Gasteiger partial charge in [-0.2, -0.15) is 0 Å². The van der Waals surface area contributed by atoms with E-state index in [1.165, 1.54) is 43.1 Å². The molecule has 1 aliphatic carbocycles. The molecule has 0 radical (unpaired) electrons. The minimum absolute atomic E-state index is 0.0983. The summed E-state index contributed by atoms with van der Waals surface area (Å²) < 4.78 is 0. The number of rotatable bonds is 5. The average molecular weight is 428 g/mol. The van der Waals surface area contributed by atoms with Gasteiger partial charge in [0.25, 0.3) is 0 Å². The highest BCUT2D eigenvalue weighted by Crippen LogP contribution is 2.31. The van der Waals surface area contributed by atoms with Gasteiger partial charge in [-0.1, -0.05) is 61.7 Å². The molecule has 164 valence electrons. The third kappa shape index (κ3) is 4.14. The van der Waals surface area contributed by atoms with E-state index in [4.69, 9.17) is 5.11 Å². The van der Waals surface area contributed by atoms with Crippen LogP contribution in [0.4, 0.5) is 0 Å². The molecule has 3 aromatic rings. The molecule has 1 N–H and O–H groups in total. The van der Waals surface area contributed by atoms with E-state index >= 15 is 0 Å². The van der Waals surface area contributed by atoms with Gasteiger partial charge in [-0.25, -0.2) is 4.79 Å². The Morgan fingerprint density at radius 2 is 1.56 bits per heavy atom. The largest absolute Gasteiger partial charge is 0.478 e. The maximum absolute atomic E-state index is 13.1. The summed E-state index contributed by atoms with van der Waals surface area (Å²) in [7, 11) is 0. The molecule has 0 spiro atoms. The minimum Gasteiger partial charge on any atom is -0.478 e. The normalized spacial score (nSPS) is 19.6. The van der Waals surface area contributed by atoms with E-state index in [2.05, 4.69) is 41.3 Å². The van der Waals surface area contributed by atoms with Crippen molar-refractivity contribution in [1.82, 2.24) is 4.90 Å². The predicted molar refractivity (Wildman–Crippen MR) is 127 cm³/mol. The Hall–Kier alpha value is -3.14. The number of carboxylic acid groups (broad SMARTS) is 1. The van der Waals surface area contributed by atoms with Gasteiger partial charge in [-0.15, -0.1) is 0 Å². The molecular weight excluding hydrogens is 398 g/mol. The number of benzene rings is 3. The third-order valence-electron chi connectivity index (χ3n) is 7.22. The van der Waals surface area contributed by atoms with Gasteiger partial charge in [-0.3, -0.25) is 4.79 Å². The summed E-state index contributed by atoms with van der Waals surface area (Å²) in [4.78, 5) is 26.4. The molecule has 1 amide bonds. The quantitative estimate of drug-likeness (QED) is 0.549. The molecule has 1 atom stereocenters. The molecule has 1 heterocycles. The van der Waals surface area contributed by atoms with Gasteiger partial charge in [0.15, 0.2) is 0 Å². The van der Waals surface area contributed by atoms with Crippen LogP contribution in [0.5, 0.6) is 0 Å². The molecule has 0 aromatic heterocycles. The van der Waals surface area contributed by atoms with E-state index in [-0.39, 0.29) is 5.92 Å². The van der Waals surface area contributed by atoms with E-state index in [0.29, 0.717) is 17.5 Å². The SMILES string of the molecule is O=C(O)c1ccc(-c2ccc3ccc(CC4CCN(C5CCCCC5)C4=O)cc3c2)cc1. The Morgan fingerprint density at radius 1 is 0.844 bits per heavy atom. The van der Waals surface area contributed by atoms with Gasteiger partial charge in [0.2, 0.25) is 5.91 Å². The number of carboxylic acids is 1. The summed E-state index contributed by atoms with van der Waals surface area (Å²) in [5.74, 6) is -0.464. The minimum atomic E-state index is -0.914. The second-order valence-electron chi connectivity index (χ2n) is 9.29. The van der Waals surface area contributed by atoms with Crippen LogP contribution in [-0.2, 0) is 11.2 Å². The summed E-state index contributed by atoms with van der Waals surface area (Å²) in [6.07, 6.45) is 7.93. The number of nitrogens with zero attached hydrogens (tertiary/aromatic N) is 1. The number of hydrogen-bond acceptors (Lipinski definition) is 2. The van der Waals surface area contributed by atoms with Gasteiger partial charge in [0.1, 0.15) is 0 Å². The summed E-state index contributed by atoms with van der Waals surface area (Å²) in [5.41, 5.74) is 3.56. The Kier molecular flexibility index (Phi) is 5.69. The lowest BCUT2D eigenvalue weighted by atomic mass is 9.93. The Morgan fingerprint density at radius 3 is 2.31 bits per heavy atom. The van der Waals surface area contributed by atoms with Gasteiger partial charge in [-0.05, 0) is 71.3 Å². The van der Waals surface area contributed by atoms with Crippen LogP contribution in [0.3, 0.4) is 0 Å². The molecule has 4 heteroatoms. The molecular formula is C28H29NO3. The molecule has 1 aliphatic heterocycles.